The van der Waals surface area contributed by atoms with Gasteiger partial charge in [0.05, 0.1) is 17.3 Å². The predicted molar refractivity (Wildman–Crippen MR) is 71.8 cm³/mol. The minimum Gasteiger partial charge on any atom is -0.497 e. The number of nitrogens with zero attached hydrogens (tertiary/aromatic N) is 1. The molecule has 0 fully saturated rings. The molecule has 0 radical (unpaired) electrons. The molecule has 5 heteroatoms. The van der Waals surface area contributed by atoms with Gasteiger partial charge in [-0.3, -0.25) is 0 Å². The smallest absolute Gasteiger partial charge is 0.227 e. The maximum absolute atomic E-state index is 13.5. The lowest BCUT2D eigenvalue weighted by Gasteiger charge is -2.10. The summed E-state index contributed by atoms with van der Waals surface area (Å²) in [6.07, 6.45) is 0. The van der Waals surface area contributed by atoms with Gasteiger partial charge in [0.25, 0.3) is 0 Å². The molecule has 0 aliphatic rings. The third kappa shape index (κ3) is 2.52. The molecule has 0 atom stereocenters. The summed E-state index contributed by atoms with van der Waals surface area (Å²) in [6, 6.07) is 8.84. The second kappa shape index (κ2) is 5.46. The number of hydrogen-bond acceptors (Lipinski definition) is 3. The van der Waals surface area contributed by atoms with Crippen LogP contribution < -0.4 is 10.5 Å². The highest BCUT2D eigenvalue weighted by Gasteiger charge is 2.09. The van der Waals surface area contributed by atoms with Crippen LogP contribution in [-0.2, 0) is 6.54 Å². The summed E-state index contributed by atoms with van der Waals surface area (Å²) in [5, 5.41) is 0. The standard InChI is InChI=1S/C13H12BrFN2O/c1-18-9-3-2-8(7-16)10(6-9)12-5-4-11(14)13(15)17-12/h2-6H,7,16H2,1H3. The maximum atomic E-state index is 13.5. The molecule has 0 aliphatic carbocycles. The number of aromatic nitrogens is 1. The van der Waals surface area contributed by atoms with Crippen LogP contribution in [0.25, 0.3) is 11.3 Å². The van der Waals surface area contributed by atoms with Crippen molar-refractivity contribution in [1.82, 2.24) is 4.98 Å². The van der Waals surface area contributed by atoms with Crippen LogP contribution >= 0.6 is 15.9 Å². The van der Waals surface area contributed by atoms with Gasteiger partial charge in [-0.2, -0.15) is 4.39 Å². The van der Waals surface area contributed by atoms with Gasteiger partial charge in [0.15, 0.2) is 0 Å². The Morgan fingerprint density at radius 3 is 2.72 bits per heavy atom. The summed E-state index contributed by atoms with van der Waals surface area (Å²) in [5.41, 5.74) is 7.89. The van der Waals surface area contributed by atoms with Crippen molar-refractivity contribution in [2.45, 2.75) is 6.54 Å². The van der Waals surface area contributed by atoms with Crippen LogP contribution in [0.1, 0.15) is 5.56 Å². The fraction of sp³-hybridized carbons (Fsp3) is 0.154. The predicted octanol–water partition coefficient (Wildman–Crippen LogP) is 3.12. The molecule has 2 N–H and O–H groups in total. The quantitative estimate of drug-likeness (QED) is 0.886. The van der Waals surface area contributed by atoms with E-state index < -0.39 is 5.95 Å². The number of ether oxygens (including phenoxy) is 1. The lowest BCUT2D eigenvalue weighted by atomic mass is 10.0. The van der Waals surface area contributed by atoms with Gasteiger partial charge in [-0.15, -0.1) is 0 Å². The van der Waals surface area contributed by atoms with Gasteiger partial charge in [0, 0.05) is 12.1 Å². The molecule has 0 saturated carbocycles. The molecule has 0 saturated heterocycles. The average molecular weight is 311 g/mol. The first-order valence-electron chi connectivity index (χ1n) is 5.35. The van der Waals surface area contributed by atoms with Crippen molar-refractivity contribution in [2.24, 2.45) is 5.73 Å². The normalized spacial score (nSPS) is 10.4. The molecule has 0 bridgehead atoms. The van der Waals surface area contributed by atoms with Gasteiger partial charge in [-0.05, 0) is 45.8 Å². The third-order valence-electron chi connectivity index (χ3n) is 2.62. The van der Waals surface area contributed by atoms with E-state index in [1.54, 1.807) is 25.3 Å². The maximum Gasteiger partial charge on any atom is 0.227 e. The highest BCUT2D eigenvalue weighted by molar-refractivity contribution is 9.10. The molecule has 94 valence electrons. The van der Waals surface area contributed by atoms with E-state index in [-0.39, 0.29) is 0 Å². The molecule has 1 aromatic carbocycles. The topological polar surface area (TPSA) is 48.1 Å². The number of nitrogens with two attached hydrogens (primary N) is 1. The highest BCUT2D eigenvalue weighted by Crippen LogP contribution is 2.28. The largest absolute Gasteiger partial charge is 0.497 e. The van der Waals surface area contributed by atoms with E-state index in [2.05, 4.69) is 20.9 Å². The van der Waals surface area contributed by atoms with Crippen LogP contribution in [-0.4, -0.2) is 12.1 Å². The molecule has 2 rings (SSSR count). The number of methoxy groups -OCH3 is 1. The summed E-state index contributed by atoms with van der Waals surface area (Å²) < 4.78 is 19.0. The second-order valence-corrected chi connectivity index (χ2v) is 4.55. The van der Waals surface area contributed by atoms with Gasteiger partial charge in [-0.25, -0.2) is 4.98 Å². The number of rotatable bonds is 3. The third-order valence-corrected chi connectivity index (χ3v) is 3.21. The average Bonchev–Trinajstić information content (AvgIpc) is 2.41. The Balaban J connectivity index is 2.57. The van der Waals surface area contributed by atoms with Gasteiger partial charge < -0.3 is 10.5 Å². The van der Waals surface area contributed by atoms with Crippen molar-refractivity contribution in [1.29, 1.82) is 0 Å². The zero-order chi connectivity index (χ0) is 13.1. The lowest BCUT2D eigenvalue weighted by Crippen LogP contribution is -2.01. The van der Waals surface area contributed by atoms with Gasteiger partial charge in [0.1, 0.15) is 5.75 Å². The molecule has 1 aromatic heterocycles. The van der Waals surface area contributed by atoms with E-state index in [1.807, 2.05) is 12.1 Å². The van der Waals surface area contributed by atoms with Crippen LogP contribution in [0.15, 0.2) is 34.8 Å². The Morgan fingerprint density at radius 1 is 1.33 bits per heavy atom. The van der Waals surface area contributed by atoms with Crippen LogP contribution in [0.4, 0.5) is 4.39 Å². The minimum absolute atomic E-state index is 0.337. The fourth-order valence-electron chi connectivity index (χ4n) is 1.67. The molecule has 1 heterocycles. The number of benzene rings is 1. The number of hydrogen-bond donors (Lipinski definition) is 1. The minimum atomic E-state index is -0.543. The van der Waals surface area contributed by atoms with Crippen LogP contribution in [0.3, 0.4) is 0 Å². The summed E-state index contributed by atoms with van der Waals surface area (Å²) in [5.74, 6) is 0.144. The molecule has 3 nitrogen and oxygen atoms in total. The zero-order valence-electron chi connectivity index (χ0n) is 9.78. The van der Waals surface area contributed by atoms with Gasteiger partial charge >= 0.3 is 0 Å². The Morgan fingerprint density at radius 2 is 2.11 bits per heavy atom. The van der Waals surface area contributed by atoms with Gasteiger partial charge in [0.2, 0.25) is 5.95 Å². The summed E-state index contributed by atoms with van der Waals surface area (Å²) in [4.78, 5) is 3.90. The van der Waals surface area contributed by atoms with E-state index >= 15 is 0 Å². The van der Waals surface area contributed by atoms with Crippen molar-refractivity contribution in [3.63, 3.8) is 0 Å². The Hall–Kier alpha value is -1.46. The van der Waals surface area contributed by atoms with E-state index in [0.29, 0.717) is 22.5 Å². The van der Waals surface area contributed by atoms with E-state index in [4.69, 9.17) is 10.5 Å². The fourth-order valence-corrected chi connectivity index (χ4v) is 1.89. The number of halogens is 2. The molecule has 0 amide bonds. The Kier molecular flexibility index (Phi) is 3.93. The zero-order valence-corrected chi connectivity index (χ0v) is 11.4. The second-order valence-electron chi connectivity index (χ2n) is 3.70. The Bertz CT molecular complexity index is 575. The molecule has 0 spiro atoms. The molecular weight excluding hydrogens is 299 g/mol. The van der Waals surface area contributed by atoms with Crippen molar-refractivity contribution in [2.75, 3.05) is 7.11 Å². The van der Waals surface area contributed by atoms with E-state index in [0.717, 1.165) is 11.1 Å². The van der Waals surface area contributed by atoms with Gasteiger partial charge in [-0.1, -0.05) is 6.07 Å². The Labute approximate surface area is 113 Å². The summed E-state index contributed by atoms with van der Waals surface area (Å²) in [7, 11) is 1.58. The lowest BCUT2D eigenvalue weighted by molar-refractivity contribution is 0.415. The monoisotopic (exact) mass is 310 g/mol. The number of pyridine rings is 1. The SMILES string of the molecule is COc1ccc(CN)c(-c2ccc(Br)c(F)n2)c1. The highest BCUT2D eigenvalue weighted by atomic mass is 79.9. The van der Waals surface area contributed by atoms with Crippen molar-refractivity contribution in [3.05, 3.63) is 46.3 Å². The first-order chi connectivity index (χ1) is 8.65. The first-order valence-corrected chi connectivity index (χ1v) is 6.14. The van der Waals surface area contributed by atoms with Crippen LogP contribution in [0, 0.1) is 5.95 Å². The molecule has 0 unspecified atom stereocenters. The molecule has 0 aliphatic heterocycles. The van der Waals surface area contributed by atoms with E-state index in [9.17, 15) is 4.39 Å². The van der Waals surface area contributed by atoms with Crippen molar-refractivity contribution >= 4 is 15.9 Å². The van der Waals surface area contributed by atoms with Crippen molar-refractivity contribution < 1.29 is 9.13 Å². The molecular formula is C13H12BrFN2O. The van der Waals surface area contributed by atoms with Crippen molar-refractivity contribution in [3.8, 4) is 17.0 Å². The summed E-state index contributed by atoms with van der Waals surface area (Å²) in [6.45, 7) is 0.360. The van der Waals surface area contributed by atoms with Crippen LogP contribution in [0.2, 0.25) is 0 Å². The summed E-state index contributed by atoms with van der Waals surface area (Å²) >= 11 is 3.08. The first kappa shape index (κ1) is 13.0. The van der Waals surface area contributed by atoms with E-state index in [1.165, 1.54) is 0 Å². The van der Waals surface area contributed by atoms with Crippen LogP contribution in [0.5, 0.6) is 5.75 Å². The molecule has 18 heavy (non-hydrogen) atoms. The molecule has 2 aromatic rings.